The zero-order chi connectivity index (χ0) is 16.8. The van der Waals surface area contributed by atoms with Crippen molar-refractivity contribution in [1.29, 1.82) is 0 Å². The van der Waals surface area contributed by atoms with Crippen LogP contribution >= 0.6 is 22.9 Å². The van der Waals surface area contributed by atoms with Gasteiger partial charge in [0.25, 0.3) is 0 Å². The summed E-state index contributed by atoms with van der Waals surface area (Å²) in [6.07, 6.45) is 2.62. The molecular formula is C17H20ClN3O2S. The quantitative estimate of drug-likeness (QED) is 0.792. The van der Waals surface area contributed by atoms with E-state index in [0.29, 0.717) is 30.6 Å². The van der Waals surface area contributed by atoms with Crippen LogP contribution in [0.25, 0.3) is 0 Å². The summed E-state index contributed by atoms with van der Waals surface area (Å²) in [6, 6.07) is 7.62. The van der Waals surface area contributed by atoms with Crippen molar-refractivity contribution in [2.24, 2.45) is 0 Å². The van der Waals surface area contributed by atoms with Crippen LogP contribution in [-0.2, 0) is 17.8 Å². The maximum absolute atomic E-state index is 12.0. The van der Waals surface area contributed by atoms with Crippen LogP contribution in [0.4, 0.5) is 0 Å². The maximum Gasteiger partial charge on any atom is 0.226 e. The van der Waals surface area contributed by atoms with Gasteiger partial charge in [-0.2, -0.15) is 0 Å². The predicted molar refractivity (Wildman–Crippen MR) is 95.6 cm³/mol. The second-order valence-electron chi connectivity index (χ2n) is 5.75. The fraction of sp³-hybridized carbons (Fsp3) is 0.412. The third-order valence-electron chi connectivity index (χ3n) is 3.82. The average Bonchev–Trinajstić information content (AvgIpc) is 3.24. The van der Waals surface area contributed by atoms with E-state index in [4.69, 9.17) is 16.3 Å². The van der Waals surface area contributed by atoms with Crippen molar-refractivity contribution in [3.8, 4) is 5.75 Å². The van der Waals surface area contributed by atoms with Crippen molar-refractivity contribution >= 4 is 28.8 Å². The van der Waals surface area contributed by atoms with Crippen molar-refractivity contribution < 1.29 is 9.53 Å². The van der Waals surface area contributed by atoms with Crippen LogP contribution in [0.5, 0.6) is 5.75 Å². The summed E-state index contributed by atoms with van der Waals surface area (Å²) in [5.74, 6) is 0.761. The minimum Gasteiger partial charge on any atom is -0.486 e. The first kappa shape index (κ1) is 17.2. The Morgan fingerprint density at radius 2 is 2.25 bits per heavy atom. The molecule has 2 N–H and O–H groups in total. The van der Waals surface area contributed by atoms with E-state index in [1.807, 2.05) is 17.5 Å². The lowest BCUT2D eigenvalue weighted by atomic mass is 10.2. The molecule has 1 aromatic heterocycles. The lowest BCUT2D eigenvalue weighted by molar-refractivity contribution is -0.120. The number of hydrogen-bond acceptors (Lipinski definition) is 5. The molecule has 0 saturated carbocycles. The average molecular weight is 366 g/mol. The molecule has 0 radical (unpaired) electrons. The second-order valence-corrected chi connectivity index (χ2v) is 7.13. The van der Waals surface area contributed by atoms with Gasteiger partial charge in [-0.25, -0.2) is 4.98 Å². The van der Waals surface area contributed by atoms with Gasteiger partial charge in [0.15, 0.2) is 0 Å². The molecular weight excluding hydrogens is 346 g/mol. The van der Waals surface area contributed by atoms with E-state index in [1.165, 1.54) is 17.8 Å². The topological polar surface area (TPSA) is 63.2 Å². The summed E-state index contributed by atoms with van der Waals surface area (Å²) in [4.78, 5) is 16.4. The van der Waals surface area contributed by atoms with Gasteiger partial charge < -0.3 is 15.4 Å². The molecule has 0 bridgehead atoms. The number of aromatic nitrogens is 1. The van der Waals surface area contributed by atoms with Crippen LogP contribution in [0.1, 0.15) is 23.5 Å². The molecule has 2 heterocycles. The molecule has 1 aliphatic rings. The Morgan fingerprint density at radius 1 is 1.42 bits per heavy atom. The van der Waals surface area contributed by atoms with E-state index >= 15 is 0 Å². The summed E-state index contributed by atoms with van der Waals surface area (Å²) in [6.45, 7) is 2.12. The van der Waals surface area contributed by atoms with Crippen molar-refractivity contribution in [2.45, 2.75) is 31.9 Å². The van der Waals surface area contributed by atoms with Crippen molar-refractivity contribution in [2.75, 3.05) is 13.1 Å². The SMILES string of the molecule is O=C(Cc1csc(COc2ccc(Cl)cc2)n1)NCC1CCCN1. The molecule has 128 valence electrons. The van der Waals surface area contributed by atoms with E-state index in [9.17, 15) is 4.79 Å². The number of halogens is 1. The van der Waals surface area contributed by atoms with Crippen LogP contribution in [0.2, 0.25) is 5.02 Å². The Bertz CT molecular complexity index is 669. The van der Waals surface area contributed by atoms with E-state index in [0.717, 1.165) is 29.4 Å². The van der Waals surface area contributed by atoms with Crippen molar-refractivity contribution in [1.82, 2.24) is 15.6 Å². The Labute approximate surface area is 150 Å². The first-order valence-corrected chi connectivity index (χ1v) is 9.26. The number of nitrogens with zero attached hydrogens (tertiary/aromatic N) is 1. The van der Waals surface area contributed by atoms with Crippen LogP contribution in [0, 0.1) is 0 Å². The summed E-state index contributed by atoms with van der Waals surface area (Å²) in [5, 5.41) is 9.77. The van der Waals surface area contributed by atoms with Gasteiger partial charge in [-0.3, -0.25) is 4.79 Å². The Kier molecular flexibility index (Phi) is 6.07. The second kappa shape index (κ2) is 8.46. The molecule has 5 nitrogen and oxygen atoms in total. The highest BCUT2D eigenvalue weighted by atomic mass is 35.5. The summed E-state index contributed by atoms with van der Waals surface area (Å²) in [7, 11) is 0. The van der Waals surface area contributed by atoms with Crippen LogP contribution < -0.4 is 15.4 Å². The molecule has 1 aromatic carbocycles. The Hall–Kier alpha value is -1.63. The molecule has 1 aliphatic heterocycles. The number of nitrogens with one attached hydrogen (secondary N) is 2. The number of carbonyl (C=O) groups is 1. The lowest BCUT2D eigenvalue weighted by Gasteiger charge is -2.10. The molecule has 0 spiro atoms. The minimum absolute atomic E-state index is 0.0131. The fourth-order valence-corrected chi connectivity index (χ4v) is 3.40. The van der Waals surface area contributed by atoms with E-state index in [2.05, 4.69) is 15.6 Å². The third kappa shape index (κ3) is 5.19. The maximum atomic E-state index is 12.0. The smallest absolute Gasteiger partial charge is 0.226 e. The predicted octanol–water partition coefficient (Wildman–Crippen LogP) is 2.79. The van der Waals surface area contributed by atoms with E-state index in [-0.39, 0.29) is 5.91 Å². The fourth-order valence-electron chi connectivity index (χ4n) is 2.57. The lowest BCUT2D eigenvalue weighted by Crippen LogP contribution is -2.37. The number of amides is 1. The van der Waals surface area contributed by atoms with Gasteiger partial charge in [-0.05, 0) is 43.7 Å². The normalized spacial score (nSPS) is 17.0. The van der Waals surface area contributed by atoms with E-state index in [1.54, 1.807) is 12.1 Å². The largest absolute Gasteiger partial charge is 0.486 e. The van der Waals surface area contributed by atoms with Crippen LogP contribution in [-0.4, -0.2) is 30.0 Å². The van der Waals surface area contributed by atoms with Gasteiger partial charge in [-0.15, -0.1) is 11.3 Å². The monoisotopic (exact) mass is 365 g/mol. The van der Waals surface area contributed by atoms with Crippen LogP contribution in [0.3, 0.4) is 0 Å². The molecule has 1 atom stereocenters. The zero-order valence-corrected chi connectivity index (χ0v) is 14.8. The van der Waals surface area contributed by atoms with Crippen molar-refractivity contribution in [3.63, 3.8) is 0 Å². The molecule has 1 unspecified atom stereocenters. The highest BCUT2D eigenvalue weighted by Crippen LogP contribution is 2.18. The summed E-state index contributed by atoms with van der Waals surface area (Å²) in [5.41, 5.74) is 0.784. The highest BCUT2D eigenvalue weighted by Gasteiger charge is 2.15. The number of rotatable bonds is 7. The Morgan fingerprint density at radius 3 is 3.00 bits per heavy atom. The van der Waals surface area contributed by atoms with Crippen LogP contribution in [0.15, 0.2) is 29.6 Å². The zero-order valence-electron chi connectivity index (χ0n) is 13.3. The first-order valence-electron chi connectivity index (χ1n) is 8.01. The molecule has 2 aromatic rings. The molecule has 7 heteroatoms. The third-order valence-corrected chi connectivity index (χ3v) is 4.95. The highest BCUT2D eigenvalue weighted by molar-refractivity contribution is 7.09. The molecule has 24 heavy (non-hydrogen) atoms. The number of benzene rings is 1. The number of ether oxygens (including phenoxy) is 1. The first-order chi connectivity index (χ1) is 11.7. The van der Waals surface area contributed by atoms with Gasteiger partial charge >= 0.3 is 0 Å². The van der Waals surface area contributed by atoms with E-state index < -0.39 is 0 Å². The van der Waals surface area contributed by atoms with Gasteiger partial charge in [0.1, 0.15) is 17.4 Å². The van der Waals surface area contributed by atoms with Gasteiger partial charge in [-0.1, -0.05) is 11.6 Å². The molecule has 1 fully saturated rings. The molecule has 1 saturated heterocycles. The molecule has 1 amide bonds. The summed E-state index contributed by atoms with van der Waals surface area (Å²) < 4.78 is 5.66. The van der Waals surface area contributed by atoms with Gasteiger partial charge in [0.05, 0.1) is 12.1 Å². The molecule has 0 aliphatic carbocycles. The number of hydrogen-bond donors (Lipinski definition) is 2. The minimum atomic E-state index is 0.0131. The summed E-state index contributed by atoms with van der Waals surface area (Å²) >= 11 is 7.34. The number of carbonyl (C=O) groups excluding carboxylic acids is 1. The number of thiazole rings is 1. The van der Waals surface area contributed by atoms with Crippen molar-refractivity contribution in [3.05, 3.63) is 45.4 Å². The van der Waals surface area contributed by atoms with Gasteiger partial charge in [0, 0.05) is 23.0 Å². The van der Waals surface area contributed by atoms with Gasteiger partial charge in [0.2, 0.25) is 5.91 Å². The molecule has 3 rings (SSSR count). The Balaban J connectivity index is 1.42. The standard InChI is InChI=1S/C17H20ClN3O2S/c18-12-3-5-15(6-4-12)23-10-17-21-14(11-24-17)8-16(22)20-9-13-2-1-7-19-13/h3-6,11,13,19H,1-2,7-10H2,(H,20,22).